The summed E-state index contributed by atoms with van der Waals surface area (Å²) in [5.74, 6) is 0. The first-order valence-electron chi connectivity index (χ1n) is 6.45. The molecule has 1 aliphatic heterocycles. The van der Waals surface area contributed by atoms with Crippen molar-refractivity contribution in [3.05, 3.63) is 39.9 Å². The Labute approximate surface area is 122 Å². The van der Waals surface area contributed by atoms with E-state index in [2.05, 4.69) is 4.90 Å². The van der Waals surface area contributed by atoms with E-state index in [1.54, 1.807) is 12.1 Å². The number of nitro benzene ring substituents is 1. The minimum Gasteiger partial charge on any atom is -0.393 e. The van der Waals surface area contributed by atoms with Gasteiger partial charge in [-0.1, -0.05) is 24.4 Å². The lowest BCUT2D eigenvalue weighted by Crippen LogP contribution is -2.43. The number of hydrogen-bond acceptors (Lipinski definition) is 5. The Bertz CT molecular complexity index is 498. The van der Waals surface area contributed by atoms with E-state index in [0.29, 0.717) is 30.9 Å². The molecule has 1 aromatic carbocycles. The van der Waals surface area contributed by atoms with Gasteiger partial charge >= 0.3 is 0 Å². The first-order valence-corrected chi connectivity index (χ1v) is 6.85. The minimum absolute atomic E-state index is 0.0458. The predicted molar refractivity (Wildman–Crippen MR) is 79.4 cm³/mol. The molecule has 0 aromatic heterocycles. The van der Waals surface area contributed by atoms with Gasteiger partial charge < -0.3 is 10.8 Å². The van der Waals surface area contributed by atoms with Crippen molar-refractivity contribution in [2.75, 3.05) is 13.1 Å². The second-order valence-electron chi connectivity index (χ2n) is 4.92. The first kappa shape index (κ1) is 14.8. The van der Waals surface area contributed by atoms with Crippen LogP contribution in [0, 0.1) is 10.1 Å². The fraction of sp³-hybridized carbons (Fsp3) is 0.462. The van der Waals surface area contributed by atoms with Gasteiger partial charge in [0.2, 0.25) is 0 Å². The number of aliphatic hydroxyl groups excluding tert-OH is 1. The Hall–Kier alpha value is -1.57. The summed E-state index contributed by atoms with van der Waals surface area (Å²) in [7, 11) is 0. The number of non-ortho nitro benzene ring substituents is 1. The van der Waals surface area contributed by atoms with E-state index in [9.17, 15) is 15.2 Å². The third kappa shape index (κ3) is 3.30. The highest BCUT2D eigenvalue weighted by Crippen LogP contribution is 2.26. The lowest BCUT2D eigenvalue weighted by atomic mass is 10.0. The fourth-order valence-corrected chi connectivity index (χ4v) is 2.76. The van der Waals surface area contributed by atoms with Gasteiger partial charge in [-0.2, -0.15) is 0 Å². The molecule has 1 heterocycles. The van der Waals surface area contributed by atoms with Gasteiger partial charge in [0.15, 0.2) is 0 Å². The fourth-order valence-electron chi connectivity index (χ4n) is 2.48. The van der Waals surface area contributed by atoms with Crippen molar-refractivity contribution in [1.29, 1.82) is 0 Å². The quantitative estimate of drug-likeness (QED) is 0.495. The van der Waals surface area contributed by atoms with Crippen LogP contribution in [0.5, 0.6) is 0 Å². The monoisotopic (exact) mass is 295 g/mol. The molecule has 2 rings (SSSR count). The Morgan fingerprint density at radius 3 is 2.40 bits per heavy atom. The molecule has 0 spiro atoms. The van der Waals surface area contributed by atoms with Crippen LogP contribution < -0.4 is 5.73 Å². The number of thiocarbonyl (C=S) groups is 1. The molecule has 1 atom stereocenters. The first-order chi connectivity index (χ1) is 9.49. The molecule has 3 N–H and O–H groups in total. The predicted octanol–water partition coefficient (Wildman–Crippen LogP) is 1.38. The van der Waals surface area contributed by atoms with E-state index in [0.717, 1.165) is 5.56 Å². The molecule has 1 fully saturated rings. The summed E-state index contributed by atoms with van der Waals surface area (Å²) in [6.07, 6.45) is 1.10. The SMILES string of the molecule is NC(=S)C(c1ccc([N+](=O)[O-])cc1)N1CCC(O)CC1. The van der Waals surface area contributed by atoms with E-state index in [4.69, 9.17) is 18.0 Å². The molecule has 0 aliphatic carbocycles. The standard InChI is InChI=1S/C13H17N3O3S/c14-13(20)12(15-7-5-11(17)6-8-15)9-1-3-10(4-2-9)16(18)19/h1-4,11-12,17H,5-8H2,(H2,14,20). The van der Waals surface area contributed by atoms with Gasteiger partial charge in [-0.3, -0.25) is 15.0 Å². The number of piperidine rings is 1. The number of hydrogen-bond donors (Lipinski definition) is 2. The molecule has 1 aromatic rings. The maximum absolute atomic E-state index is 10.7. The maximum Gasteiger partial charge on any atom is 0.269 e. The van der Waals surface area contributed by atoms with E-state index in [-0.39, 0.29) is 17.8 Å². The molecule has 0 saturated carbocycles. The third-order valence-electron chi connectivity index (χ3n) is 3.55. The molecule has 1 unspecified atom stereocenters. The second kappa shape index (κ2) is 6.25. The number of aliphatic hydroxyl groups is 1. The van der Waals surface area contributed by atoms with Crippen molar-refractivity contribution in [2.45, 2.75) is 25.0 Å². The number of nitrogens with zero attached hydrogens (tertiary/aromatic N) is 2. The van der Waals surface area contributed by atoms with E-state index in [1.165, 1.54) is 12.1 Å². The van der Waals surface area contributed by atoms with Crippen LogP contribution in [-0.2, 0) is 0 Å². The highest BCUT2D eigenvalue weighted by atomic mass is 32.1. The zero-order chi connectivity index (χ0) is 14.7. The van der Waals surface area contributed by atoms with Gasteiger partial charge in [-0.15, -0.1) is 0 Å². The molecular formula is C13H17N3O3S. The van der Waals surface area contributed by atoms with Crippen LogP contribution >= 0.6 is 12.2 Å². The van der Waals surface area contributed by atoms with Crippen LogP contribution in [0.4, 0.5) is 5.69 Å². The molecule has 0 amide bonds. The lowest BCUT2D eigenvalue weighted by Gasteiger charge is -2.35. The summed E-state index contributed by atoms with van der Waals surface area (Å²) < 4.78 is 0. The summed E-state index contributed by atoms with van der Waals surface area (Å²) in [6.45, 7) is 1.42. The topological polar surface area (TPSA) is 92.6 Å². The van der Waals surface area contributed by atoms with Gasteiger partial charge in [0.05, 0.1) is 22.1 Å². The van der Waals surface area contributed by atoms with Crippen LogP contribution in [0.1, 0.15) is 24.4 Å². The summed E-state index contributed by atoms with van der Waals surface area (Å²) in [4.78, 5) is 12.7. The number of likely N-dealkylation sites (tertiary alicyclic amines) is 1. The smallest absolute Gasteiger partial charge is 0.269 e. The van der Waals surface area contributed by atoms with E-state index >= 15 is 0 Å². The third-order valence-corrected chi connectivity index (χ3v) is 3.78. The zero-order valence-corrected chi connectivity index (χ0v) is 11.8. The van der Waals surface area contributed by atoms with Gasteiger partial charge in [0.25, 0.3) is 5.69 Å². The minimum atomic E-state index is -0.434. The number of nitro groups is 1. The molecule has 0 radical (unpaired) electrons. The van der Waals surface area contributed by atoms with E-state index in [1.807, 2.05) is 0 Å². The molecular weight excluding hydrogens is 278 g/mol. The number of rotatable bonds is 4. The summed E-state index contributed by atoms with van der Waals surface area (Å²) in [6, 6.07) is 6.05. The van der Waals surface area contributed by atoms with Crippen LogP contribution in [0.25, 0.3) is 0 Å². The van der Waals surface area contributed by atoms with Gasteiger partial charge in [0, 0.05) is 25.2 Å². The van der Waals surface area contributed by atoms with Crippen molar-refractivity contribution in [3.63, 3.8) is 0 Å². The molecule has 7 heteroatoms. The van der Waals surface area contributed by atoms with Crippen molar-refractivity contribution >= 4 is 22.9 Å². The Morgan fingerprint density at radius 1 is 1.40 bits per heavy atom. The normalized spacial score (nSPS) is 18.6. The average Bonchev–Trinajstić information content (AvgIpc) is 2.41. The Balaban J connectivity index is 2.20. The van der Waals surface area contributed by atoms with Crippen molar-refractivity contribution in [1.82, 2.24) is 4.90 Å². The molecule has 6 nitrogen and oxygen atoms in total. The maximum atomic E-state index is 10.7. The molecule has 20 heavy (non-hydrogen) atoms. The van der Waals surface area contributed by atoms with Crippen LogP contribution in [0.15, 0.2) is 24.3 Å². The lowest BCUT2D eigenvalue weighted by molar-refractivity contribution is -0.384. The molecule has 108 valence electrons. The zero-order valence-electron chi connectivity index (χ0n) is 10.9. The second-order valence-corrected chi connectivity index (χ2v) is 5.39. The van der Waals surface area contributed by atoms with Crippen LogP contribution in [0.3, 0.4) is 0 Å². The Kier molecular flexibility index (Phi) is 4.64. The van der Waals surface area contributed by atoms with Crippen LogP contribution in [-0.4, -0.2) is 39.1 Å². The summed E-state index contributed by atoms with van der Waals surface area (Å²) in [5.41, 5.74) is 6.72. The molecule has 1 aliphatic rings. The largest absolute Gasteiger partial charge is 0.393 e. The van der Waals surface area contributed by atoms with Gasteiger partial charge in [-0.25, -0.2) is 0 Å². The average molecular weight is 295 g/mol. The van der Waals surface area contributed by atoms with Crippen molar-refractivity contribution < 1.29 is 10.0 Å². The number of benzene rings is 1. The summed E-state index contributed by atoms with van der Waals surface area (Å²) in [5, 5.41) is 20.2. The molecule has 0 bridgehead atoms. The Morgan fingerprint density at radius 2 is 1.95 bits per heavy atom. The summed E-state index contributed by atoms with van der Waals surface area (Å²) >= 11 is 5.13. The highest BCUT2D eigenvalue weighted by molar-refractivity contribution is 7.80. The van der Waals surface area contributed by atoms with E-state index < -0.39 is 4.92 Å². The van der Waals surface area contributed by atoms with Gasteiger partial charge in [0.1, 0.15) is 0 Å². The highest BCUT2D eigenvalue weighted by Gasteiger charge is 2.27. The van der Waals surface area contributed by atoms with Gasteiger partial charge in [-0.05, 0) is 18.4 Å². The number of nitrogens with two attached hydrogens (primary N) is 1. The molecule has 1 saturated heterocycles. The van der Waals surface area contributed by atoms with Crippen molar-refractivity contribution in [3.8, 4) is 0 Å². The van der Waals surface area contributed by atoms with Crippen LogP contribution in [0.2, 0.25) is 0 Å². The van der Waals surface area contributed by atoms with Crippen molar-refractivity contribution in [2.24, 2.45) is 5.73 Å².